The van der Waals surface area contributed by atoms with Crippen LogP contribution < -0.4 is 26.6 Å². The van der Waals surface area contributed by atoms with Gasteiger partial charge < -0.3 is 31.7 Å². The maximum atomic E-state index is 13.2. The number of rotatable bonds is 12. The second-order valence-corrected chi connectivity index (χ2v) is 9.65. The Kier molecular flexibility index (Phi) is 12.1. The highest BCUT2D eigenvalue weighted by atomic mass is 19.4. The van der Waals surface area contributed by atoms with E-state index >= 15 is 0 Å². The predicted octanol–water partition coefficient (Wildman–Crippen LogP) is 2.86. The van der Waals surface area contributed by atoms with Crippen molar-refractivity contribution in [3.63, 3.8) is 0 Å². The number of urea groups is 1. The Hall–Kier alpha value is -2.86. The average molecular weight is 518 g/mol. The van der Waals surface area contributed by atoms with Crippen LogP contribution in [0.3, 0.4) is 0 Å². The van der Waals surface area contributed by atoms with Gasteiger partial charge in [-0.2, -0.15) is 13.2 Å². The smallest absolute Gasteiger partial charge is 0.391 e. The maximum Gasteiger partial charge on any atom is 0.416 e. The molecular formula is C24H38F3N5O4. The van der Waals surface area contributed by atoms with Gasteiger partial charge in [0, 0.05) is 19.6 Å². The van der Waals surface area contributed by atoms with Crippen molar-refractivity contribution in [2.24, 2.45) is 5.41 Å². The van der Waals surface area contributed by atoms with Crippen LogP contribution in [0, 0.1) is 5.41 Å². The number of anilines is 1. The molecule has 4 amide bonds. The monoisotopic (exact) mass is 517 g/mol. The van der Waals surface area contributed by atoms with Crippen molar-refractivity contribution in [2.45, 2.75) is 65.8 Å². The van der Waals surface area contributed by atoms with Crippen LogP contribution in [0.1, 0.15) is 63.4 Å². The first-order chi connectivity index (χ1) is 16.7. The number of halogens is 3. The molecule has 0 radical (unpaired) electrons. The summed E-state index contributed by atoms with van der Waals surface area (Å²) in [5, 5.41) is 23.3. The van der Waals surface area contributed by atoms with Crippen LogP contribution in [0.25, 0.3) is 0 Å². The first kappa shape index (κ1) is 31.2. The van der Waals surface area contributed by atoms with Gasteiger partial charge in [0.15, 0.2) is 0 Å². The number of hydrogen-bond donors (Lipinski definition) is 6. The van der Waals surface area contributed by atoms with Crippen molar-refractivity contribution in [1.82, 2.24) is 21.3 Å². The molecule has 1 rings (SSSR count). The van der Waals surface area contributed by atoms with Gasteiger partial charge in [-0.1, -0.05) is 34.1 Å². The van der Waals surface area contributed by atoms with Crippen molar-refractivity contribution in [3.8, 4) is 0 Å². The molecule has 9 nitrogen and oxygen atoms in total. The standard InChI is InChI=1S/C24H38F3N5O4/c1-6-8-19(33)18(12-28-14-23(3,4)5)31-20(34)13-30-21(35)16-11-15(24(25,26)27)9-10-17(16)32-22(36)29-7-2/h9-11,18-19,28,33H,6-8,12-14H2,1-5H3,(H,30,35)(H,31,34)(H2,29,32,36)/t18-,19-/m0/s1. The lowest BCUT2D eigenvalue weighted by atomic mass is 9.96. The Balaban J connectivity index is 2.93. The molecule has 0 saturated carbocycles. The van der Waals surface area contributed by atoms with E-state index in [0.717, 1.165) is 12.1 Å². The molecule has 1 aromatic carbocycles. The number of benzene rings is 1. The molecule has 12 heteroatoms. The zero-order chi connectivity index (χ0) is 27.5. The van der Waals surface area contributed by atoms with Gasteiger partial charge in [0.05, 0.1) is 35.5 Å². The van der Waals surface area contributed by atoms with E-state index < -0.39 is 53.8 Å². The number of amides is 4. The van der Waals surface area contributed by atoms with Gasteiger partial charge in [-0.25, -0.2) is 4.79 Å². The van der Waals surface area contributed by atoms with E-state index in [-0.39, 0.29) is 17.6 Å². The summed E-state index contributed by atoms with van der Waals surface area (Å²) in [6, 6.07) is 1.01. The molecule has 0 aliphatic rings. The fourth-order valence-electron chi connectivity index (χ4n) is 3.24. The van der Waals surface area contributed by atoms with Crippen LogP contribution >= 0.6 is 0 Å². The molecule has 0 fully saturated rings. The van der Waals surface area contributed by atoms with Crippen molar-refractivity contribution >= 4 is 23.5 Å². The Morgan fingerprint density at radius 3 is 2.28 bits per heavy atom. The van der Waals surface area contributed by atoms with E-state index in [1.165, 1.54) is 0 Å². The summed E-state index contributed by atoms with van der Waals surface area (Å²) in [4.78, 5) is 37.1. The van der Waals surface area contributed by atoms with Gasteiger partial charge >= 0.3 is 12.2 Å². The summed E-state index contributed by atoms with van der Waals surface area (Å²) in [7, 11) is 0. The van der Waals surface area contributed by atoms with E-state index in [9.17, 15) is 32.7 Å². The van der Waals surface area contributed by atoms with E-state index in [1.807, 2.05) is 27.7 Å². The fraction of sp³-hybridized carbons (Fsp3) is 0.625. The fourth-order valence-corrected chi connectivity index (χ4v) is 3.24. The molecule has 0 saturated heterocycles. The van der Waals surface area contributed by atoms with Crippen molar-refractivity contribution in [1.29, 1.82) is 0 Å². The van der Waals surface area contributed by atoms with Crippen molar-refractivity contribution < 1.29 is 32.7 Å². The van der Waals surface area contributed by atoms with E-state index in [4.69, 9.17) is 0 Å². The van der Waals surface area contributed by atoms with Crippen LogP contribution in [0.15, 0.2) is 18.2 Å². The zero-order valence-electron chi connectivity index (χ0n) is 21.4. The number of aliphatic hydroxyl groups is 1. The summed E-state index contributed by atoms with van der Waals surface area (Å²) in [6.07, 6.45) is -4.38. The third-order valence-corrected chi connectivity index (χ3v) is 5.00. The van der Waals surface area contributed by atoms with E-state index in [2.05, 4.69) is 26.6 Å². The van der Waals surface area contributed by atoms with Crippen LogP contribution in [0.5, 0.6) is 0 Å². The molecule has 0 heterocycles. The molecule has 0 unspecified atom stereocenters. The summed E-state index contributed by atoms with van der Waals surface area (Å²) < 4.78 is 39.6. The third-order valence-electron chi connectivity index (χ3n) is 5.00. The Labute approximate surface area is 210 Å². The van der Waals surface area contributed by atoms with E-state index in [0.29, 0.717) is 32.0 Å². The van der Waals surface area contributed by atoms with Gasteiger partial charge in [0.2, 0.25) is 5.91 Å². The van der Waals surface area contributed by atoms with E-state index in [1.54, 1.807) is 6.92 Å². The number of nitrogens with one attached hydrogen (secondary N) is 5. The molecule has 0 aliphatic carbocycles. The molecule has 0 spiro atoms. The highest BCUT2D eigenvalue weighted by Crippen LogP contribution is 2.32. The highest BCUT2D eigenvalue weighted by molar-refractivity contribution is 6.04. The SMILES string of the molecule is CCC[C@H](O)[C@H](CNCC(C)(C)C)NC(=O)CNC(=O)c1cc(C(F)(F)F)ccc1NC(=O)NCC. The quantitative estimate of drug-likeness (QED) is 0.254. The maximum absolute atomic E-state index is 13.2. The van der Waals surface area contributed by atoms with Gasteiger partial charge in [0.25, 0.3) is 5.91 Å². The summed E-state index contributed by atoms with van der Waals surface area (Å²) in [5.74, 6) is -1.59. The first-order valence-corrected chi connectivity index (χ1v) is 11.9. The molecule has 204 valence electrons. The molecule has 2 atom stereocenters. The lowest BCUT2D eigenvalue weighted by Gasteiger charge is -2.27. The molecule has 0 bridgehead atoms. The van der Waals surface area contributed by atoms with Crippen LogP contribution in [-0.2, 0) is 11.0 Å². The normalized spacial score (nSPS) is 13.5. The first-order valence-electron chi connectivity index (χ1n) is 11.9. The number of carbonyl (C=O) groups excluding carboxylic acids is 3. The minimum atomic E-state index is -4.71. The molecular weight excluding hydrogens is 479 g/mol. The zero-order valence-corrected chi connectivity index (χ0v) is 21.4. The highest BCUT2D eigenvalue weighted by Gasteiger charge is 2.32. The second kappa shape index (κ2) is 14.0. The topological polar surface area (TPSA) is 132 Å². The lowest BCUT2D eigenvalue weighted by Crippen LogP contribution is -2.52. The lowest BCUT2D eigenvalue weighted by molar-refractivity contribution is -0.137. The van der Waals surface area contributed by atoms with Gasteiger partial charge in [-0.3, -0.25) is 9.59 Å². The minimum Gasteiger partial charge on any atom is -0.391 e. The number of alkyl halides is 3. The van der Waals surface area contributed by atoms with Gasteiger partial charge in [-0.15, -0.1) is 0 Å². The molecule has 0 aromatic heterocycles. The predicted molar refractivity (Wildman–Crippen MR) is 132 cm³/mol. The van der Waals surface area contributed by atoms with Crippen LogP contribution in [0.2, 0.25) is 0 Å². The minimum absolute atomic E-state index is 0.0109. The van der Waals surface area contributed by atoms with Gasteiger partial charge in [0.1, 0.15) is 0 Å². The summed E-state index contributed by atoms with van der Waals surface area (Å²) in [6.45, 7) is 10.3. The molecule has 36 heavy (non-hydrogen) atoms. The molecule has 0 aliphatic heterocycles. The summed E-state index contributed by atoms with van der Waals surface area (Å²) in [5.41, 5.74) is -1.68. The van der Waals surface area contributed by atoms with Crippen molar-refractivity contribution in [2.75, 3.05) is 31.5 Å². The Morgan fingerprint density at radius 2 is 1.72 bits per heavy atom. The number of carbonyl (C=O) groups is 3. The van der Waals surface area contributed by atoms with Crippen molar-refractivity contribution in [3.05, 3.63) is 29.3 Å². The number of aliphatic hydroxyl groups excluding tert-OH is 1. The summed E-state index contributed by atoms with van der Waals surface area (Å²) >= 11 is 0. The third kappa shape index (κ3) is 11.3. The van der Waals surface area contributed by atoms with Gasteiger partial charge in [-0.05, 0) is 37.0 Å². The van der Waals surface area contributed by atoms with Crippen LogP contribution in [0.4, 0.5) is 23.7 Å². The van der Waals surface area contributed by atoms with Crippen LogP contribution in [-0.4, -0.2) is 61.3 Å². The number of hydrogen-bond acceptors (Lipinski definition) is 5. The Bertz CT molecular complexity index is 887. The molecule has 1 aromatic rings. The average Bonchev–Trinajstić information content (AvgIpc) is 2.75. The largest absolute Gasteiger partial charge is 0.416 e. The Morgan fingerprint density at radius 1 is 1.06 bits per heavy atom. The molecule has 6 N–H and O–H groups in total. The second-order valence-electron chi connectivity index (χ2n) is 9.65.